The van der Waals surface area contributed by atoms with Crippen molar-refractivity contribution in [2.75, 3.05) is 23.0 Å². The van der Waals surface area contributed by atoms with Crippen molar-refractivity contribution < 1.29 is 9.18 Å². The Balaban J connectivity index is 1.50. The number of halogens is 1. The molecule has 0 unspecified atom stereocenters. The number of fused-ring (bicyclic) bond motifs is 1. The van der Waals surface area contributed by atoms with Crippen LogP contribution in [-0.2, 0) is 19.6 Å². The van der Waals surface area contributed by atoms with Gasteiger partial charge in [0.1, 0.15) is 6.67 Å². The summed E-state index contributed by atoms with van der Waals surface area (Å²) in [4.78, 5) is 28.0. The predicted molar refractivity (Wildman–Crippen MR) is 112 cm³/mol. The molecule has 0 atom stereocenters. The average Bonchev–Trinajstić information content (AvgIpc) is 2.78. The molecule has 0 saturated carbocycles. The number of nitrogens with one attached hydrogen (secondary N) is 1. The Morgan fingerprint density at radius 3 is 3.00 bits per heavy atom. The minimum atomic E-state index is -0.570. The fourth-order valence-corrected chi connectivity index (χ4v) is 3.64. The van der Waals surface area contributed by atoms with Gasteiger partial charge in [-0.2, -0.15) is 0 Å². The van der Waals surface area contributed by atoms with Crippen LogP contribution in [0.3, 0.4) is 0 Å². The van der Waals surface area contributed by atoms with Crippen LogP contribution in [0, 0.1) is 0 Å². The van der Waals surface area contributed by atoms with Gasteiger partial charge in [-0.1, -0.05) is 23.9 Å². The molecular formula is C21H20FN5OS. The van der Waals surface area contributed by atoms with Crippen LogP contribution in [-0.4, -0.2) is 33.7 Å². The quantitative estimate of drug-likeness (QED) is 0.509. The van der Waals surface area contributed by atoms with Gasteiger partial charge in [-0.25, -0.2) is 14.4 Å². The molecule has 3 aromatic rings. The molecule has 0 aliphatic carbocycles. The molecule has 4 rings (SSSR count). The first-order valence-corrected chi connectivity index (χ1v) is 10.4. The van der Waals surface area contributed by atoms with Gasteiger partial charge in [-0.05, 0) is 30.0 Å². The summed E-state index contributed by atoms with van der Waals surface area (Å²) in [5.41, 5.74) is 4.57. The summed E-state index contributed by atoms with van der Waals surface area (Å²) >= 11 is 1.54. The van der Waals surface area contributed by atoms with Crippen LogP contribution < -0.4 is 10.2 Å². The van der Waals surface area contributed by atoms with Crippen molar-refractivity contribution in [1.82, 2.24) is 15.0 Å². The number of carbonyl (C=O) groups excluding carboxylic acids is 1. The zero-order chi connectivity index (χ0) is 20.2. The number of aromatic nitrogens is 3. The molecule has 0 fully saturated rings. The standard InChI is InChI=1S/C21H20FN5OS/c1-29-21-24-11-16-13-27(6-5-19(16)26-21)18-8-15(10-23-12-18)20(28)25-17-4-2-3-14(7-17)9-22/h2-4,7-8,10-12H,5-6,9,13H2,1H3,(H,25,28). The summed E-state index contributed by atoms with van der Waals surface area (Å²) in [6.07, 6.45) is 7.94. The number of hydrogen-bond donors (Lipinski definition) is 1. The highest BCUT2D eigenvalue weighted by Gasteiger charge is 2.20. The van der Waals surface area contributed by atoms with Crippen molar-refractivity contribution in [2.24, 2.45) is 0 Å². The first-order chi connectivity index (χ1) is 14.2. The van der Waals surface area contributed by atoms with Crippen LogP contribution in [0.25, 0.3) is 0 Å². The Morgan fingerprint density at radius 2 is 2.17 bits per heavy atom. The minimum absolute atomic E-state index is 0.277. The summed E-state index contributed by atoms with van der Waals surface area (Å²) in [5.74, 6) is -0.277. The number of anilines is 2. The van der Waals surface area contributed by atoms with Gasteiger partial charge in [0.15, 0.2) is 5.16 Å². The smallest absolute Gasteiger partial charge is 0.257 e. The van der Waals surface area contributed by atoms with E-state index in [1.807, 2.05) is 18.5 Å². The van der Waals surface area contributed by atoms with Gasteiger partial charge in [-0.3, -0.25) is 9.78 Å². The minimum Gasteiger partial charge on any atom is -0.365 e. The fraction of sp³-hybridized carbons (Fsp3) is 0.238. The molecule has 1 N–H and O–H groups in total. The number of thioether (sulfide) groups is 1. The van der Waals surface area contributed by atoms with E-state index in [-0.39, 0.29) is 5.91 Å². The summed E-state index contributed by atoms with van der Waals surface area (Å²) in [5, 5.41) is 3.59. The number of alkyl halides is 1. The Kier molecular flexibility index (Phi) is 5.71. The molecule has 8 heteroatoms. The van der Waals surface area contributed by atoms with Crippen molar-refractivity contribution in [3.63, 3.8) is 0 Å². The topological polar surface area (TPSA) is 71.0 Å². The third-order valence-corrected chi connectivity index (χ3v) is 5.35. The van der Waals surface area contributed by atoms with Crippen molar-refractivity contribution in [2.45, 2.75) is 24.8 Å². The van der Waals surface area contributed by atoms with Gasteiger partial charge in [0.05, 0.1) is 23.1 Å². The Hall–Kier alpha value is -3.00. The van der Waals surface area contributed by atoms with Gasteiger partial charge in [0.2, 0.25) is 0 Å². The lowest BCUT2D eigenvalue weighted by molar-refractivity contribution is 0.102. The van der Waals surface area contributed by atoms with Gasteiger partial charge < -0.3 is 10.2 Å². The Morgan fingerprint density at radius 1 is 1.28 bits per heavy atom. The number of hydrogen-bond acceptors (Lipinski definition) is 6. The van der Waals surface area contributed by atoms with Crippen LogP contribution in [0.1, 0.15) is 27.2 Å². The van der Waals surface area contributed by atoms with E-state index in [1.54, 1.807) is 30.5 Å². The van der Waals surface area contributed by atoms with Gasteiger partial charge >= 0.3 is 0 Å². The molecular weight excluding hydrogens is 389 g/mol. The molecule has 29 heavy (non-hydrogen) atoms. The Bertz CT molecular complexity index is 1050. The van der Waals surface area contributed by atoms with Crippen molar-refractivity contribution in [1.29, 1.82) is 0 Å². The van der Waals surface area contributed by atoms with Crippen LogP contribution in [0.15, 0.2) is 54.1 Å². The van der Waals surface area contributed by atoms with Crippen molar-refractivity contribution >= 4 is 29.0 Å². The maximum Gasteiger partial charge on any atom is 0.257 e. The second kappa shape index (κ2) is 8.57. The number of rotatable bonds is 5. The Labute approximate surface area is 172 Å². The molecule has 6 nitrogen and oxygen atoms in total. The summed E-state index contributed by atoms with van der Waals surface area (Å²) in [7, 11) is 0. The van der Waals surface area contributed by atoms with E-state index in [9.17, 15) is 9.18 Å². The van der Waals surface area contributed by atoms with E-state index in [2.05, 4.69) is 25.2 Å². The van der Waals surface area contributed by atoms with E-state index in [1.165, 1.54) is 18.0 Å². The van der Waals surface area contributed by atoms with Gasteiger partial charge in [-0.15, -0.1) is 0 Å². The highest BCUT2D eigenvalue weighted by Crippen LogP contribution is 2.25. The van der Waals surface area contributed by atoms with Crippen LogP contribution >= 0.6 is 11.8 Å². The molecule has 1 aliphatic heterocycles. The predicted octanol–water partition coefficient (Wildman–Crippen LogP) is 3.88. The SMILES string of the molecule is CSc1ncc2c(n1)CCN(c1cncc(C(=O)Nc3cccc(CF)c3)c1)C2. The normalized spacial score (nSPS) is 13.1. The zero-order valence-electron chi connectivity index (χ0n) is 15.9. The number of benzene rings is 1. The summed E-state index contributed by atoms with van der Waals surface area (Å²) < 4.78 is 12.8. The molecule has 0 radical (unpaired) electrons. The average molecular weight is 409 g/mol. The lowest BCUT2D eigenvalue weighted by atomic mass is 10.1. The second-order valence-electron chi connectivity index (χ2n) is 6.72. The largest absolute Gasteiger partial charge is 0.365 e. The first-order valence-electron chi connectivity index (χ1n) is 9.21. The van der Waals surface area contributed by atoms with E-state index in [0.29, 0.717) is 23.4 Å². The number of amides is 1. The summed E-state index contributed by atoms with van der Waals surface area (Å²) in [6, 6.07) is 8.58. The van der Waals surface area contributed by atoms with Gasteiger partial charge in [0, 0.05) is 43.2 Å². The maximum atomic E-state index is 12.8. The molecule has 148 valence electrons. The fourth-order valence-electron chi connectivity index (χ4n) is 3.28. The molecule has 0 saturated heterocycles. The highest BCUT2D eigenvalue weighted by atomic mass is 32.2. The molecule has 3 heterocycles. The molecule has 1 amide bonds. The molecule has 1 aliphatic rings. The van der Waals surface area contributed by atoms with E-state index >= 15 is 0 Å². The highest BCUT2D eigenvalue weighted by molar-refractivity contribution is 7.98. The number of carbonyl (C=O) groups is 1. The number of pyridine rings is 1. The van der Waals surface area contributed by atoms with Crippen molar-refractivity contribution in [3.8, 4) is 0 Å². The van der Waals surface area contributed by atoms with E-state index in [4.69, 9.17) is 0 Å². The summed E-state index contributed by atoms with van der Waals surface area (Å²) in [6.45, 7) is 0.901. The van der Waals surface area contributed by atoms with Crippen LogP contribution in [0.4, 0.5) is 15.8 Å². The molecule has 0 spiro atoms. The lowest BCUT2D eigenvalue weighted by Gasteiger charge is -2.29. The van der Waals surface area contributed by atoms with Crippen LogP contribution in [0.5, 0.6) is 0 Å². The molecule has 0 bridgehead atoms. The molecule has 2 aromatic heterocycles. The third kappa shape index (κ3) is 4.37. The lowest BCUT2D eigenvalue weighted by Crippen LogP contribution is -2.31. The number of nitrogens with zero attached hydrogens (tertiary/aromatic N) is 4. The molecule has 1 aromatic carbocycles. The van der Waals surface area contributed by atoms with Crippen LogP contribution in [0.2, 0.25) is 0 Å². The maximum absolute atomic E-state index is 12.8. The zero-order valence-corrected chi connectivity index (χ0v) is 16.7. The van der Waals surface area contributed by atoms with Gasteiger partial charge in [0.25, 0.3) is 5.91 Å². The van der Waals surface area contributed by atoms with E-state index < -0.39 is 6.67 Å². The monoisotopic (exact) mass is 409 g/mol. The van der Waals surface area contributed by atoms with E-state index in [0.717, 1.165) is 35.1 Å². The van der Waals surface area contributed by atoms with Crippen molar-refractivity contribution in [3.05, 3.63) is 71.3 Å². The first kappa shape index (κ1) is 19.3. The second-order valence-corrected chi connectivity index (χ2v) is 7.49. The third-order valence-electron chi connectivity index (χ3n) is 4.78.